The molecule has 2 aliphatic rings. The number of nitrogens with one attached hydrogen (secondary N) is 1. The molecule has 4 heterocycles. The lowest BCUT2D eigenvalue weighted by atomic mass is 10.0. The van der Waals surface area contributed by atoms with E-state index in [0.717, 1.165) is 42.5 Å². The van der Waals surface area contributed by atoms with E-state index >= 15 is 0 Å². The molecule has 0 unspecified atom stereocenters. The van der Waals surface area contributed by atoms with Gasteiger partial charge < -0.3 is 31.4 Å². The molecule has 52 heavy (non-hydrogen) atoms. The highest BCUT2D eigenvalue weighted by Gasteiger charge is 2.31. The number of carbonyl (C=O) groups is 2. The molecule has 17 heteroatoms. The lowest BCUT2D eigenvalue weighted by Crippen LogP contribution is -2.38. The van der Waals surface area contributed by atoms with Gasteiger partial charge in [0, 0.05) is 36.6 Å². The van der Waals surface area contributed by atoms with E-state index in [1.165, 1.54) is 46.7 Å². The van der Waals surface area contributed by atoms with Gasteiger partial charge in [-0.3, -0.25) is 9.80 Å². The Morgan fingerprint density at radius 2 is 1.27 bits per heavy atom. The Balaban J connectivity index is 0.000000192. The average molecular weight is 716 g/mol. The molecule has 0 atom stereocenters. The Hall–Kier alpha value is -6.65. The summed E-state index contributed by atoms with van der Waals surface area (Å²) in [4.78, 5) is 42.4. The monoisotopic (exact) mass is 715 g/mol. The number of aryl methyl sites for hydroxylation is 2. The van der Waals surface area contributed by atoms with Crippen molar-refractivity contribution in [3.63, 3.8) is 0 Å². The number of carboxylic acid groups (broad SMARTS) is 1. The van der Waals surface area contributed by atoms with Gasteiger partial charge in [0.2, 0.25) is 11.8 Å². The first kappa shape index (κ1) is 35.2. The fourth-order valence-corrected chi connectivity index (χ4v) is 5.71. The van der Waals surface area contributed by atoms with E-state index in [2.05, 4.69) is 25.3 Å². The third-order valence-electron chi connectivity index (χ3n) is 8.03. The molecule has 3 aromatic carbocycles. The first-order chi connectivity index (χ1) is 24.9. The zero-order valence-corrected chi connectivity index (χ0v) is 27.4. The third-order valence-corrected chi connectivity index (χ3v) is 8.03. The summed E-state index contributed by atoms with van der Waals surface area (Å²) in [6.45, 7) is 0.964. The first-order valence-corrected chi connectivity index (χ1v) is 16.0. The Labute approximate surface area is 294 Å². The summed E-state index contributed by atoms with van der Waals surface area (Å²) in [7, 11) is 0. The first-order valence-electron chi connectivity index (χ1n) is 16.0. The number of hydrogen-bond acceptors (Lipinski definition) is 10. The second-order valence-electron chi connectivity index (χ2n) is 11.6. The Bertz CT molecular complexity index is 2100. The normalized spacial score (nSPS) is 13.5. The second kappa shape index (κ2) is 15.1. The van der Waals surface area contributed by atoms with Gasteiger partial charge in [0.15, 0.2) is 0 Å². The number of fused-ring (bicyclic) bond motifs is 2. The van der Waals surface area contributed by atoms with Gasteiger partial charge in [-0.05, 0) is 91.4 Å². The smallest absolute Gasteiger partial charge is 0.416 e. The van der Waals surface area contributed by atoms with Crippen molar-refractivity contribution in [2.75, 3.05) is 39.7 Å². The number of nitrogens with zero attached hydrogens (tertiary/aromatic N) is 6. The molecule has 7 rings (SSSR count). The second-order valence-corrected chi connectivity index (χ2v) is 11.6. The standard InChI is InChI=1S/C21H18F3N5O2.C14H14N4O3/c22-21(23,24)14-4-1-5-15(10-14)28-20(30)29-8-2-3-13-9-16(6-7-17(13)29)31-19-11-18(25)26-12-27-19;15-12-7-13(17-8-16-12)21-10-3-4-11-9(6-10)2-1-5-18(11)14(19)20/h1,4-7,9-12H,2-3,8H2,(H,28,30)(H2,25,26,27);3-4,6-8H,1-2,5H2,(H,19,20)(H2,15,16,17). The fraction of sp³-hybridized carbons (Fsp3) is 0.200. The molecule has 14 nitrogen and oxygen atoms in total. The summed E-state index contributed by atoms with van der Waals surface area (Å²) in [6, 6.07) is 17.6. The number of anilines is 5. The molecule has 0 fully saturated rings. The van der Waals surface area contributed by atoms with Crippen molar-refractivity contribution >= 4 is 40.8 Å². The molecule has 0 bridgehead atoms. The molecule has 2 aromatic heterocycles. The number of benzene rings is 3. The number of nitrogen functional groups attached to an aromatic ring is 2. The zero-order valence-electron chi connectivity index (χ0n) is 27.4. The highest BCUT2D eigenvalue weighted by Crippen LogP contribution is 2.35. The average Bonchev–Trinajstić information content (AvgIpc) is 3.11. The van der Waals surface area contributed by atoms with Crippen LogP contribution in [-0.2, 0) is 19.0 Å². The van der Waals surface area contributed by atoms with Crippen LogP contribution >= 0.6 is 0 Å². The van der Waals surface area contributed by atoms with Crippen LogP contribution in [0.15, 0.2) is 85.5 Å². The predicted octanol–water partition coefficient (Wildman–Crippen LogP) is 7.14. The molecule has 0 saturated heterocycles. The van der Waals surface area contributed by atoms with Crippen molar-refractivity contribution in [1.29, 1.82) is 0 Å². The Kier molecular flexibility index (Phi) is 10.2. The van der Waals surface area contributed by atoms with E-state index in [0.29, 0.717) is 60.0 Å². The lowest BCUT2D eigenvalue weighted by molar-refractivity contribution is -0.137. The summed E-state index contributed by atoms with van der Waals surface area (Å²) in [5.41, 5.74) is 13.7. The summed E-state index contributed by atoms with van der Waals surface area (Å²) >= 11 is 0. The summed E-state index contributed by atoms with van der Waals surface area (Å²) in [6.07, 6.45) is 0.249. The van der Waals surface area contributed by atoms with E-state index < -0.39 is 23.9 Å². The molecule has 0 spiro atoms. The molecule has 3 amide bonds. The molecule has 0 aliphatic carbocycles. The minimum Gasteiger partial charge on any atom is -0.465 e. The summed E-state index contributed by atoms with van der Waals surface area (Å²) < 4.78 is 50.1. The zero-order chi connectivity index (χ0) is 36.8. The van der Waals surface area contributed by atoms with Crippen LogP contribution in [0.4, 0.5) is 51.5 Å². The van der Waals surface area contributed by atoms with Gasteiger partial charge in [0.1, 0.15) is 35.8 Å². The van der Waals surface area contributed by atoms with Crippen molar-refractivity contribution in [2.24, 2.45) is 0 Å². The maximum absolute atomic E-state index is 12.9. The SMILES string of the molecule is Nc1cc(Oc2ccc3c(c2)CCCN3C(=O)Nc2cccc(C(F)(F)F)c2)ncn1.Nc1cc(Oc2ccc3c(c2)CCCN3C(=O)O)ncn1. The van der Waals surface area contributed by atoms with Gasteiger partial charge in [-0.25, -0.2) is 29.5 Å². The van der Waals surface area contributed by atoms with Gasteiger partial charge >= 0.3 is 18.3 Å². The predicted molar refractivity (Wildman–Crippen MR) is 186 cm³/mol. The maximum atomic E-state index is 12.9. The van der Waals surface area contributed by atoms with Crippen molar-refractivity contribution in [3.05, 3.63) is 102 Å². The third kappa shape index (κ3) is 8.55. The highest BCUT2D eigenvalue weighted by molar-refractivity contribution is 6.02. The van der Waals surface area contributed by atoms with Gasteiger partial charge in [-0.2, -0.15) is 13.2 Å². The molecule has 0 radical (unpaired) electrons. The van der Waals surface area contributed by atoms with E-state index in [1.54, 1.807) is 30.3 Å². The number of ether oxygens (including phenoxy) is 2. The largest absolute Gasteiger partial charge is 0.465 e. The molecule has 268 valence electrons. The number of alkyl halides is 3. The number of halogens is 3. The van der Waals surface area contributed by atoms with Crippen LogP contribution < -0.4 is 36.1 Å². The van der Waals surface area contributed by atoms with E-state index in [1.807, 2.05) is 6.07 Å². The minimum absolute atomic E-state index is 0.0771. The summed E-state index contributed by atoms with van der Waals surface area (Å²) in [5.74, 6) is 2.38. The number of nitrogens with two attached hydrogens (primary N) is 2. The van der Waals surface area contributed by atoms with Gasteiger partial charge in [-0.1, -0.05) is 6.07 Å². The molecule has 6 N–H and O–H groups in total. The Morgan fingerprint density at radius 3 is 1.79 bits per heavy atom. The molecular weight excluding hydrogens is 683 g/mol. The molecule has 5 aromatic rings. The van der Waals surface area contributed by atoms with Crippen LogP contribution in [-0.4, -0.2) is 50.3 Å². The van der Waals surface area contributed by atoms with Crippen molar-refractivity contribution in [1.82, 2.24) is 19.9 Å². The van der Waals surface area contributed by atoms with Crippen molar-refractivity contribution in [2.45, 2.75) is 31.9 Å². The lowest BCUT2D eigenvalue weighted by Gasteiger charge is -2.30. The van der Waals surface area contributed by atoms with Crippen molar-refractivity contribution < 1.29 is 37.3 Å². The highest BCUT2D eigenvalue weighted by atomic mass is 19.4. The van der Waals surface area contributed by atoms with Crippen LogP contribution in [0.5, 0.6) is 23.3 Å². The van der Waals surface area contributed by atoms with Gasteiger partial charge in [0.25, 0.3) is 0 Å². The summed E-state index contributed by atoms with van der Waals surface area (Å²) in [5, 5.41) is 11.7. The number of carbonyl (C=O) groups excluding carboxylic acids is 1. The maximum Gasteiger partial charge on any atom is 0.416 e. The van der Waals surface area contributed by atoms with Crippen LogP contribution in [0.25, 0.3) is 0 Å². The number of hydrogen-bond donors (Lipinski definition) is 4. The van der Waals surface area contributed by atoms with Crippen molar-refractivity contribution in [3.8, 4) is 23.3 Å². The van der Waals surface area contributed by atoms with Crippen LogP contribution in [0.2, 0.25) is 0 Å². The number of aromatic nitrogens is 4. The van der Waals surface area contributed by atoms with E-state index in [4.69, 9.17) is 20.9 Å². The van der Waals surface area contributed by atoms with Crippen LogP contribution in [0, 0.1) is 0 Å². The fourth-order valence-electron chi connectivity index (χ4n) is 5.71. The van der Waals surface area contributed by atoms with E-state index in [-0.39, 0.29) is 11.5 Å². The molecular formula is C35H32F3N9O5. The Morgan fingerprint density at radius 1 is 0.731 bits per heavy atom. The minimum atomic E-state index is -4.48. The van der Waals surface area contributed by atoms with E-state index in [9.17, 15) is 27.9 Å². The van der Waals surface area contributed by atoms with Gasteiger partial charge in [0.05, 0.1) is 11.3 Å². The van der Waals surface area contributed by atoms with Crippen LogP contribution in [0.1, 0.15) is 29.5 Å². The molecule has 2 aliphatic heterocycles. The number of rotatable bonds is 5. The number of amides is 3. The van der Waals surface area contributed by atoms with Crippen LogP contribution in [0.3, 0.4) is 0 Å². The quantitative estimate of drug-likeness (QED) is 0.144. The topological polar surface area (TPSA) is 195 Å². The molecule has 0 saturated carbocycles. The van der Waals surface area contributed by atoms with Gasteiger partial charge in [-0.15, -0.1) is 0 Å². The number of urea groups is 1.